The van der Waals surface area contributed by atoms with Crippen molar-refractivity contribution in [1.29, 1.82) is 0 Å². The van der Waals surface area contributed by atoms with E-state index in [1.807, 2.05) is 0 Å². The summed E-state index contributed by atoms with van der Waals surface area (Å²) in [4.78, 5) is 0. The Kier molecular flexibility index (Phi) is 3.83. The molecular weight excluding hydrogens is 215 g/mol. The van der Waals surface area contributed by atoms with Crippen molar-refractivity contribution in [2.75, 3.05) is 18.4 Å². The molecule has 1 fully saturated rings. The van der Waals surface area contributed by atoms with Gasteiger partial charge in [0.15, 0.2) is 0 Å². The number of aryl methyl sites for hydroxylation is 2. The minimum Gasteiger partial charge on any atom is -0.382 e. The smallest absolute Gasteiger partial charge is 0.0372 e. The molecule has 0 aliphatic carbocycles. The lowest BCUT2D eigenvalue weighted by atomic mass is 10.0. The Hall–Kier alpha value is -0.590. The predicted octanol–water partition coefficient (Wildman–Crippen LogP) is 2.97. The second-order valence-corrected chi connectivity index (χ2v) is 5.50. The van der Waals surface area contributed by atoms with Gasteiger partial charge in [-0.1, -0.05) is 27.1 Å². The van der Waals surface area contributed by atoms with Crippen LogP contribution in [-0.4, -0.2) is 23.8 Å². The highest BCUT2D eigenvalue weighted by Crippen LogP contribution is 2.21. The molecule has 1 unspecified atom stereocenters. The summed E-state index contributed by atoms with van der Waals surface area (Å²) in [5, 5.41) is 3.66. The molecule has 0 aromatic heterocycles. The molecule has 0 saturated carbocycles. The van der Waals surface area contributed by atoms with Gasteiger partial charge < -0.3 is 5.32 Å². The summed E-state index contributed by atoms with van der Waals surface area (Å²) in [6, 6.07) is 7.27. The molecule has 1 N–H and O–H groups in total. The summed E-state index contributed by atoms with van der Waals surface area (Å²) in [6.07, 6.45) is 2.47. The highest BCUT2D eigenvalue weighted by molar-refractivity contribution is 7.13. The van der Waals surface area contributed by atoms with Crippen molar-refractivity contribution in [3.63, 3.8) is 0 Å². The molecule has 1 saturated heterocycles. The number of nitrogens with one attached hydrogen (secondary N) is 1. The first-order valence-electron chi connectivity index (χ1n) is 5.98. The number of anilines is 1. The second kappa shape index (κ2) is 5.16. The first kappa shape index (κ1) is 11.9. The largest absolute Gasteiger partial charge is 0.382 e. The molecule has 1 aromatic carbocycles. The zero-order valence-corrected chi connectivity index (χ0v) is 11.3. The van der Waals surface area contributed by atoms with E-state index in [1.54, 1.807) is 0 Å². The van der Waals surface area contributed by atoms with Crippen molar-refractivity contribution in [3.8, 4) is 0 Å². The fourth-order valence-electron chi connectivity index (χ4n) is 2.24. The molecule has 16 heavy (non-hydrogen) atoms. The molecule has 0 amide bonds. The standard InChI is InChI=1S/C13H21N2P/c1-10-3-4-13(11(2)9-10)14-12-5-7-15(16)8-6-12/h3-4,9,12,14H,5-8,16H2,1-2H3. The van der Waals surface area contributed by atoms with Crippen LogP contribution in [-0.2, 0) is 0 Å². The Balaban J connectivity index is 1.98. The van der Waals surface area contributed by atoms with Gasteiger partial charge in [-0.3, -0.25) is 4.67 Å². The summed E-state index contributed by atoms with van der Waals surface area (Å²) < 4.78 is 2.32. The van der Waals surface area contributed by atoms with E-state index in [1.165, 1.54) is 42.7 Å². The van der Waals surface area contributed by atoms with Crippen LogP contribution in [0.3, 0.4) is 0 Å². The Morgan fingerprint density at radius 2 is 1.94 bits per heavy atom. The van der Waals surface area contributed by atoms with Crippen LogP contribution in [0.4, 0.5) is 5.69 Å². The van der Waals surface area contributed by atoms with E-state index in [0.717, 1.165) is 0 Å². The average Bonchev–Trinajstić information content (AvgIpc) is 2.25. The Morgan fingerprint density at radius 3 is 2.56 bits per heavy atom. The van der Waals surface area contributed by atoms with Crippen LogP contribution < -0.4 is 5.32 Å². The van der Waals surface area contributed by atoms with E-state index in [-0.39, 0.29) is 0 Å². The first-order valence-corrected chi connectivity index (χ1v) is 6.50. The van der Waals surface area contributed by atoms with E-state index in [4.69, 9.17) is 0 Å². The number of rotatable bonds is 2. The van der Waals surface area contributed by atoms with Crippen molar-refractivity contribution in [3.05, 3.63) is 29.3 Å². The third-order valence-corrected chi connectivity index (χ3v) is 3.79. The van der Waals surface area contributed by atoms with Crippen LogP contribution in [0.1, 0.15) is 24.0 Å². The molecule has 3 heteroatoms. The van der Waals surface area contributed by atoms with Gasteiger partial charge in [0.05, 0.1) is 0 Å². The van der Waals surface area contributed by atoms with Gasteiger partial charge in [0.1, 0.15) is 0 Å². The van der Waals surface area contributed by atoms with Crippen LogP contribution in [0.5, 0.6) is 0 Å². The van der Waals surface area contributed by atoms with Crippen LogP contribution in [0, 0.1) is 13.8 Å². The van der Waals surface area contributed by atoms with Crippen LogP contribution in [0.15, 0.2) is 18.2 Å². The number of benzene rings is 1. The van der Waals surface area contributed by atoms with Gasteiger partial charge in [0, 0.05) is 24.8 Å². The topological polar surface area (TPSA) is 15.3 Å². The van der Waals surface area contributed by atoms with Crippen molar-refractivity contribution < 1.29 is 0 Å². The summed E-state index contributed by atoms with van der Waals surface area (Å²) >= 11 is 0. The molecule has 2 rings (SSSR count). The predicted molar refractivity (Wildman–Crippen MR) is 73.8 cm³/mol. The molecule has 1 aliphatic heterocycles. The molecule has 88 valence electrons. The number of hydrogen-bond acceptors (Lipinski definition) is 2. The molecule has 0 spiro atoms. The van der Waals surface area contributed by atoms with Crippen molar-refractivity contribution in [1.82, 2.24) is 4.67 Å². The van der Waals surface area contributed by atoms with E-state index in [0.29, 0.717) is 6.04 Å². The van der Waals surface area contributed by atoms with Crippen molar-refractivity contribution in [2.45, 2.75) is 32.7 Å². The quantitative estimate of drug-likeness (QED) is 0.794. The molecule has 0 radical (unpaired) electrons. The highest BCUT2D eigenvalue weighted by Gasteiger charge is 2.16. The normalized spacial score (nSPS) is 18.7. The zero-order valence-electron chi connectivity index (χ0n) is 10.2. The molecule has 2 nitrogen and oxygen atoms in total. The third kappa shape index (κ3) is 2.96. The average molecular weight is 236 g/mol. The second-order valence-electron chi connectivity index (χ2n) is 4.77. The van der Waals surface area contributed by atoms with Crippen LogP contribution in [0.25, 0.3) is 0 Å². The minimum atomic E-state index is 0.637. The summed E-state index contributed by atoms with van der Waals surface area (Å²) in [7, 11) is 2.79. The van der Waals surface area contributed by atoms with Gasteiger partial charge in [0.25, 0.3) is 0 Å². The Labute approximate surface area is 101 Å². The third-order valence-electron chi connectivity index (χ3n) is 3.27. The number of piperidine rings is 1. The Bertz CT molecular complexity index is 357. The highest BCUT2D eigenvalue weighted by atomic mass is 31.0. The van der Waals surface area contributed by atoms with E-state index < -0.39 is 0 Å². The van der Waals surface area contributed by atoms with E-state index in [2.05, 4.69) is 51.4 Å². The fraction of sp³-hybridized carbons (Fsp3) is 0.538. The van der Waals surface area contributed by atoms with Gasteiger partial charge in [-0.2, -0.15) is 0 Å². The van der Waals surface area contributed by atoms with Gasteiger partial charge >= 0.3 is 0 Å². The summed E-state index contributed by atoms with van der Waals surface area (Å²) in [5.41, 5.74) is 3.99. The number of hydrogen-bond donors (Lipinski definition) is 1. The van der Waals surface area contributed by atoms with E-state index in [9.17, 15) is 0 Å². The fourth-order valence-corrected chi connectivity index (χ4v) is 2.54. The van der Waals surface area contributed by atoms with Gasteiger partial charge in [-0.05, 0) is 38.3 Å². The first-order chi connectivity index (χ1) is 7.65. The molecule has 1 heterocycles. The van der Waals surface area contributed by atoms with Crippen molar-refractivity contribution >= 4 is 15.1 Å². The lowest BCUT2D eigenvalue weighted by Crippen LogP contribution is -2.34. The van der Waals surface area contributed by atoms with Crippen molar-refractivity contribution in [2.24, 2.45) is 0 Å². The maximum absolute atomic E-state index is 3.66. The summed E-state index contributed by atoms with van der Waals surface area (Å²) in [6.45, 7) is 6.67. The van der Waals surface area contributed by atoms with E-state index >= 15 is 0 Å². The van der Waals surface area contributed by atoms with Gasteiger partial charge in [-0.15, -0.1) is 0 Å². The van der Waals surface area contributed by atoms with Crippen LogP contribution in [0.2, 0.25) is 0 Å². The number of nitrogens with zero attached hydrogens (tertiary/aromatic N) is 1. The van der Waals surface area contributed by atoms with Crippen LogP contribution >= 0.6 is 9.39 Å². The lowest BCUT2D eigenvalue weighted by molar-refractivity contribution is 0.357. The maximum Gasteiger partial charge on any atom is 0.0372 e. The molecule has 1 aliphatic rings. The SMILES string of the molecule is Cc1ccc(NC2CCN(P)CC2)c(C)c1. The molecule has 1 atom stereocenters. The lowest BCUT2D eigenvalue weighted by Gasteiger charge is -2.30. The maximum atomic E-state index is 3.66. The monoisotopic (exact) mass is 236 g/mol. The summed E-state index contributed by atoms with van der Waals surface area (Å²) in [5.74, 6) is 0. The zero-order chi connectivity index (χ0) is 11.5. The van der Waals surface area contributed by atoms with Gasteiger partial charge in [-0.25, -0.2) is 0 Å². The molecular formula is C13H21N2P. The minimum absolute atomic E-state index is 0.637. The molecule has 0 bridgehead atoms. The molecule has 1 aromatic rings. The Morgan fingerprint density at radius 1 is 1.25 bits per heavy atom. The van der Waals surface area contributed by atoms with Gasteiger partial charge in [0.2, 0.25) is 0 Å².